The second-order valence-electron chi connectivity index (χ2n) is 3.66. The molecule has 1 aromatic rings. The van der Waals surface area contributed by atoms with Crippen molar-refractivity contribution in [2.24, 2.45) is 5.92 Å². The second kappa shape index (κ2) is 2.87. The first kappa shape index (κ1) is 8.29. The zero-order chi connectivity index (χ0) is 9.42. The Kier molecular flexibility index (Phi) is 1.83. The summed E-state index contributed by atoms with van der Waals surface area (Å²) < 4.78 is 0. The lowest BCUT2D eigenvalue weighted by atomic mass is 9.88. The number of aromatic carboxylic acids is 1. The highest BCUT2D eigenvalue weighted by molar-refractivity contribution is 5.85. The molecule has 1 heterocycles. The average molecular weight is 179 g/mol. The van der Waals surface area contributed by atoms with Gasteiger partial charge >= 0.3 is 0 Å². The van der Waals surface area contributed by atoms with Crippen molar-refractivity contribution in [3.63, 3.8) is 0 Å². The van der Waals surface area contributed by atoms with E-state index in [-0.39, 0.29) is 5.69 Å². The van der Waals surface area contributed by atoms with Gasteiger partial charge in [0.15, 0.2) is 0 Å². The number of fused-ring (bicyclic) bond motifs is 1. The van der Waals surface area contributed by atoms with Crippen LogP contribution in [0.25, 0.3) is 0 Å². The lowest BCUT2D eigenvalue weighted by Crippen LogP contribution is -2.25. The van der Waals surface area contributed by atoms with Gasteiger partial charge in [-0.25, -0.2) is 0 Å². The molecule has 1 aliphatic rings. The van der Waals surface area contributed by atoms with Crippen LogP contribution in [0.5, 0.6) is 0 Å². The third-order valence-corrected chi connectivity index (χ3v) is 2.59. The molecule has 0 aliphatic heterocycles. The van der Waals surface area contributed by atoms with Crippen LogP contribution < -0.4 is 5.11 Å². The van der Waals surface area contributed by atoms with Crippen LogP contribution >= 0.6 is 0 Å². The fraction of sp³-hybridized carbons (Fsp3) is 0.556. The largest absolute Gasteiger partial charge is 0.543 e. The van der Waals surface area contributed by atoms with Gasteiger partial charge in [0.2, 0.25) is 0 Å². The topological polar surface area (TPSA) is 68.8 Å². The molecule has 70 valence electrons. The first-order chi connectivity index (χ1) is 6.18. The van der Waals surface area contributed by atoms with E-state index in [1.54, 1.807) is 0 Å². The fourth-order valence-electron chi connectivity index (χ4n) is 1.84. The number of carbonyl (C=O) groups excluding carboxylic acids is 1. The maximum absolute atomic E-state index is 10.6. The number of aromatic amines is 1. The summed E-state index contributed by atoms with van der Waals surface area (Å²) in [5.74, 6) is -0.630. The zero-order valence-electron chi connectivity index (χ0n) is 7.46. The normalized spacial score (nSPS) is 21.2. The van der Waals surface area contributed by atoms with Crippen LogP contribution in [0.3, 0.4) is 0 Å². The van der Waals surface area contributed by atoms with Crippen molar-refractivity contribution in [2.75, 3.05) is 0 Å². The molecule has 0 unspecified atom stereocenters. The third-order valence-electron chi connectivity index (χ3n) is 2.59. The fourth-order valence-corrected chi connectivity index (χ4v) is 1.84. The molecule has 0 radical (unpaired) electrons. The molecule has 0 aromatic carbocycles. The van der Waals surface area contributed by atoms with E-state index in [4.69, 9.17) is 0 Å². The molecule has 0 saturated carbocycles. The van der Waals surface area contributed by atoms with Gasteiger partial charge in [-0.05, 0) is 25.2 Å². The van der Waals surface area contributed by atoms with Gasteiger partial charge in [0.05, 0.1) is 5.97 Å². The molecule has 4 heteroatoms. The summed E-state index contributed by atoms with van der Waals surface area (Å²) in [6, 6.07) is 0. The minimum atomic E-state index is -1.17. The highest BCUT2D eigenvalue weighted by Gasteiger charge is 2.21. The highest BCUT2D eigenvalue weighted by atomic mass is 16.4. The van der Waals surface area contributed by atoms with Gasteiger partial charge in [-0.2, -0.15) is 5.10 Å². The molecule has 1 atom stereocenters. The van der Waals surface area contributed by atoms with Crippen LogP contribution in [-0.2, 0) is 12.8 Å². The number of nitrogens with one attached hydrogen (secondary N) is 1. The molecule has 0 saturated heterocycles. The van der Waals surface area contributed by atoms with Crippen molar-refractivity contribution in [2.45, 2.75) is 26.2 Å². The summed E-state index contributed by atoms with van der Waals surface area (Å²) in [7, 11) is 0. The van der Waals surface area contributed by atoms with E-state index in [9.17, 15) is 9.90 Å². The van der Waals surface area contributed by atoms with Crippen LogP contribution in [0.4, 0.5) is 0 Å². The standard InChI is InChI=1S/C9H12N2O2/c1-5-2-3-7-6(4-5)8(9(12)13)11-10-7/h5H,2-4H2,1H3,(H,10,11)(H,12,13)/p-1/t5-/m1/s1. The number of nitrogens with zero attached hydrogens (tertiary/aromatic N) is 1. The number of carboxylic acids is 1. The van der Waals surface area contributed by atoms with Gasteiger partial charge < -0.3 is 9.90 Å². The number of hydrogen-bond acceptors (Lipinski definition) is 3. The van der Waals surface area contributed by atoms with E-state index in [0.29, 0.717) is 5.92 Å². The molecule has 1 aliphatic carbocycles. The van der Waals surface area contributed by atoms with E-state index in [1.165, 1.54) is 0 Å². The van der Waals surface area contributed by atoms with Gasteiger partial charge in [-0.1, -0.05) is 6.92 Å². The smallest absolute Gasteiger partial charge is 0.111 e. The van der Waals surface area contributed by atoms with E-state index < -0.39 is 5.97 Å². The molecule has 0 bridgehead atoms. The van der Waals surface area contributed by atoms with Crippen LogP contribution in [0, 0.1) is 5.92 Å². The van der Waals surface area contributed by atoms with Crippen molar-refractivity contribution in [3.05, 3.63) is 17.0 Å². The maximum Gasteiger partial charge on any atom is 0.111 e. The molecule has 0 spiro atoms. The Morgan fingerprint density at radius 1 is 1.69 bits per heavy atom. The van der Waals surface area contributed by atoms with Crippen molar-refractivity contribution >= 4 is 5.97 Å². The molecular formula is C9H11N2O2-. The summed E-state index contributed by atoms with van der Waals surface area (Å²) in [6.45, 7) is 2.12. The van der Waals surface area contributed by atoms with Crippen molar-refractivity contribution in [1.82, 2.24) is 10.2 Å². The minimum absolute atomic E-state index is 0.0987. The summed E-state index contributed by atoms with van der Waals surface area (Å²) in [6.07, 6.45) is 2.80. The first-order valence-corrected chi connectivity index (χ1v) is 4.46. The predicted molar refractivity (Wildman–Crippen MR) is 44.1 cm³/mol. The summed E-state index contributed by atoms with van der Waals surface area (Å²) in [5, 5.41) is 17.1. The number of aromatic nitrogens is 2. The molecule has 2 rings (SSSR count). The first-order valence-electron chi connectivity index (χ1n) is 4.46. The van der Waals surface area contributed by atoms with Gasteiger partial charge in [0.1, 0.15) is 5.69 Å². The maximum atomic E-state index is 10.6. The molecule has 0 amide bonds. The van der Waals surface area contributed by atoms with Crippen LogP contribution in [0.2, 0.25) is 0 Å². The Morgan fingerprint density at radius 2 is 2.46 bits per heavy atom. The summed E-state index contributed by atoms with van der Waals surface area (Å²) in [5.41, 5.74) is 1.91. The molecular weight excluding hydrogens is 168 g/mol. The minimum Gasteiger partial charge on any atom is -0.543 e. The van der Waals surface area contributed by atoms with Crippen LogP contribution in [0.1, 0.15) is 35.1 Å². The number of H-pyrrole nitrogens is 1. The van der Waals surface area contributed by atoms with Crippen molar-refractivity contribution < 1.29 is 9.90 Å². The molecule has 1 aromatic heterocycles. The van der Waals surface area contributed by atoms with E-state index in [2.05, 4.69) is 17.1 Å². The molecule has 1 N–H and O–H groups in total. The van der Waals surface area contributed by atoms with E-state index in [1.807, 2.05) is 0 Å². The number of rotatable bonds is 1. The predicted octanol–water partition coefficient (Wildman–Crippen LogP) is -0.102. The second-order valence-corrected chi connectivity index (χ2v) is 3.66. The highest BCUT2D eigenvalue weighted by Crippen LogP contribution is 2.25. The average Bonchev–Trinajstić information content (AvgIpc) is 2.46. The van der Waals surface area contributed by atoms with Gasteiger partial charge in [-0.15, -0.1) is 0 Å². The van der Waals surface area contributed by atoms with Gasteiger partial charge in [-0.3, -0.25) is 5.10 Å². The monoisotopic (exact) mass is 179 g/mol. The zero-order valence-corrected chi connectivity index (χ0v) is 7.46. The van der Waals surface area contributed by atoms with E-state index in [0.717, 1.165) is 30.5 Å². The SMILES string of the molecule is C[C@@H]1CCc2[nH]nc(C(=O)[O-])c2C1. The number of hydrogen-bond donors (Lipinski definition) is 1. The van der Waals surface area contributed by atoms with Crippen LogP contribution in [0.15, 0.2) is 0 Å². The number of carboxylic acid groups (broad SMARTS) is 1. The lowest BCUT2D eigenvalue weighted by molar-refractivity contribution is -0.255. The Labute approximate surface area is 76.0 Å². The Morgan fingerprint density at radius 3 is 3.15 bits per heavy atom. The van der Waals surface area contributed by atoms with Crippen molar-refractivity contribution in [1.29, 1.82) is 0 Å². The molecule has 4 nitrogen and oxygen atoms in total. The number of aryl methyl sites for hydroxylation is 1. The van der Waals surface area contributed by atoms with Gasteiger partial charge in [0, 0.05) is 11.3 Å². The quantitative estimate of drug-likeness (QED) is 0.654. The third kappa shape index (κ3) is 1.32. The Balaban J connectivity index is 2.41. The van der Waals surface area contributed by atoms with Crippen LogP contribution in [-0.4, -0.2) is 16.2 Å². The Bertz CT molecular complexity index is 343. The molecule has 0 fully saturated rings. The summed E-state index contributed by atoms with van der Waals surface area (Å²) >= 11 is 0. The Hall–Kier alpha value is -1.32. The summed E-state index contributed by atoms with van der Waals surface area (Å²) in [4.78, 5) is 10.6. The van der Waals surface area contributed by atoms with Gasteiger partial charge in [0.25, 0.3) is 0 Å². The van der Waals surface area contributed by atoms with Crippen molar-refractivity contribution in [3.8, 4) is 0 Å². The number of carbonyl (C=O) groups is 1. The van der Waals surface area contributed by atoms with E-state index >= 15 is 0 Å². The molecule has 13 heavy (non-hydrogen) atoms. The lowest BCUT2D eigenvalue weighted by Gasteiger charge is -2.18.